The Morgan fingerprint density at radius 1 is 1.12 bits per heavy atom. The van der Waals surface area contributed by atoms with Crippen LogP contribution in [0.1, 0.15) is 16.5 Å². The van der Waals surface area contributed by atoms with E-state index in [0.29, 0.717) is 0 Å². The third-order valence-electron chi connectivity index (χ3n) is 4.13. The van der Waals surface area contributed by atoms with Crippen molar-refractivity contribution in [2.24, 2.45) is 0 Å². The fourth-order valence-corrected chi connectivity index (χ4v) is 4.38. The van der Waals surface area contributed by atoms with Crippen molar-refractivity contribution < 1.29 is 9.47 Å². The molecule has 2 heterocycles. The van der Waals surface area contributed by atoms with Gasteiger partial charge in [0.05, 0.1) is 24.7 Å². The van der Waals surface area contributed by atoms with Crippen LogP contribution < -0.4 is 14.8 Å². The van der Waals surface area contributed by atoms with E-state index < -0.39 is 0 Å². The quantitative estimate of drug-likeness (QED) is 0.704. The van der Waals surface area contributed by atoms with Gasteiger partial charge in [0.25, 0.3) is 0 Å². The van der Waals surface area contributed by atoms with Crippen molar-refractivity contribution in [3.8, 4) is 11.5 Å². The van der Waals surface area contributed by atoms with Gasteiger partial charge in [0.1, 0.15) is 11.5 Å². The molecule has 140 valence electrons. The molecule has 8 heteroatoms. The molecule has 2 aromatic rings. The lowest BCUT2D eigenvalue weighted by atomic mass is 10.0. The van der Waals surface area contributed by atoms with E-state index in [1.54, 1.807) is 25.6 Å². The molecule has 0 saturated carbocycles. The number of methoxy groups -OCH3 is 2. The average molecular weight is 470 g/mol. The zero-order chi connectivity index (χ0) is 16.2. The van der Waals surface area contributed by atoms with Crippen LogP contribution in [0.5, 0.6) is 11.5 Å². The normalized spacial score (nSPS) is 15.6. The lowest BCUT2D eigenvalue weighted by Gasteiger charge is -2.35. The number of halogens is 3. The topological polar surface area (TPSA) is 33.7 Å². The van der Waals surface area contributed by atoms with Crippen LogP contribution in [0.15, 0.2) is 34.1 Å². The van der Waals surface area contributed by atoms with Crippen molar-refractivity contribution in [1.82, 2.24) is 10.2 Å². The van der Waals surface area contributed by atoms with Gasteiger partial charge in [-0.3, -0.25) is 4.90 Å². The molecule has 1 aromatic heterocycles. The third kappa shape index (κ3) is 5.02. The predicted molar refractivity (Wildman–Crippen MR) is 112 cm³/mol. The summed E-state index contributed by atoms with van der Waals surface area (Å²) in [7, 11) is 3.42. The first-order valence-electron chi connectivity index (χ1n) is 7.64. The summed E-state index contributed by atoms with van der Waals surface area (Å²) >= 11 is 5.34. The maximum Gasteiger partial charge on any atom is 0.133 e. The van der Waals surface area contributed by atoms with Gasteiger partial charge in [-0.25, -0.2) is 0 Å². The highest BCUT2D eigenvalue weighted by Crippen LogP contribution is 2.41. The molecule has 1 aliphatic rings. The second-order valence-electron chi connectivity index (χ2n) is 5.43. The summed E-state index contributed by atoms with van der Waals surface area (Å²) in [5, 5.41) is 5.56. The van der Waals surface area contributed by atoms with Crippen LogP contribution in [-0.4, -0.2) is 45.3 Å². The van der Waals surface area contributed by atoms with Gasteiger partial charge in [-0.05, 0) is 39.5 Å². The molecule has 0 spiro atoms. The van der Waals surface area contributed by atoms with Crippen molar-refractivity contribution in [3.05, 3.63) is 44.6 Å². The maximum absolute atomic E-state index is 5.67. The van der Waals surface area contributed by atoms with Crippen LogP contribution >= 0.6 is 52.1 Å². The Labute approximate surface area is 173 Å². The molecule has 25 heavy (non-hydrogen) atoms. The van der Waals surface area contributed by atoms with E-state index in [1.807, 2.05) is 6.07 Å². The fraction of sp³-hybridized carbons (Fsp3) is 0.412. The molecule has 1 aliphatic heterocycles. The van der Waals surface area contributed by atoms with Crippen molar-refractivity contribution in [1.29, 1.82) is 0 Å². The maximum atomic E-state index is 5.67. The van der Waals surface area contributed by atoms with Gasteiger partial charge >= 0.3 is 0 Å². The van der Waals surface area contributed by atoms with E-state index in [0.717, 1.165) is 47.7 Å². The van der Waals surface area contributed by atoms with Crippen molar-refractivity contribution in [2.75, 3.05) is 40.4 Å². The second kappa shape index (κ2) is 10.6. The lowest BCUT2D eigenvalue weighted by Crippen LogP contribution is -2.45. The zero-order valence-corrected chi connectivity index (χ0v) is 18.2. The Bertz CT molecular complexity index is 652. The number of rotatable bonds is 5. The van der Waals surface area contributed by atoms with E-state index in [1.165, 1.54) is 4.88 Å². The van der Waals surface area contributed by atoms with Crippen LogP contribution in [0, 0.1) is 0 Å². The molecule has 0 unspecified atom stereocenters. The molecule has 3 rings (SSSR count). The Morgan fingerprint density at radius 3 is 2.36 bits per heavy atom. The molecule has 0 amide bonds. The monoisotopic (exact) mass is 468 g/mol. The van der Waals surface area contributed by atoms with Gasteiger partial charge in [-0.2, -0.15) is 0 Å². The molecule has 4 nitrogen and oxygen atoms in total. The summed E-state index contributed by atoms with van der Waals surface area (Å²) in [4.78, 5) is 3.84. The van der Waals surface area contributed by atoms with Crippen LogP contribution in [0.2, 0.25) is 0 Å². The third-order valence-corrected chi connectivity index (χ3v) is 5.67. The number of hydrogen-bond donors (Lipinski definition) is 1. The van der Waals surface area contributed by atoms with E-state index in [9.17, 15) is 0 Å². The molecule has 1 aromatic carbocycles. The van der Waals surface area contributed by atoms with Gasteiger partial charge in [-0.15, -0.1) is 36.2 Å². The Morgan fingerprint density at radius 2 is 1.80 bits per heavy atom. The zero-order valence-electron chi connectivity index (χ0n) is 14.2. The number of nitrogens with one attached hydrogen (secondary N) is 1. The van der Waals surface area contributed by atoms with Crippen LogP contribution in [0.3, 0.4) is 0 Å². The highest BCUT2D eigenvalue weighted by molar-refractivity contribution is 9.10. The molecular formula is C17H23BrCl2N2O2S. The van der Waals surface area contributed by atoms with E-state index in [-0.39, 0.29) is 30.9 Å². The minimum atomic E-state index is 0. The Hall–Kier alpha value is -0.500. The number of ether oxygens (including phenoxy) is 2. The van der Waals surface area contributed by atoms with Crippen molar-refractivity contribution >= 4 is 52.1 Å². The standard InChI is InChI=1S/C17H21BrN2O2S.2ClH/c1-21-14-11-13(18)15(22-2)10-12(14)17(16-4-3-9-23-16)20-7-5-19-6-8-20;;/h3-4,9-11,17,19H,5-8H2,1-2H3;2*1H/t17-;;/m0../s1. The SMILES string of the molecule is COc1cc([C@@H](c2cccs2)N2CCNCC2)c(OC)cc1Br.Cl.Cl. The van der Waals surface area contributed by atoms with Crippen molar-refractivity contribution in [2.45, 2.75) is 6.04 Å². The summed E-state index contributed by atoms with van der Waals surface area (Å²) in [5.41, 5.74) is 1.15. The second-order valence-corrected chi connectivity index (χ2v) is 7.27. The minimum absolute atomic E-state index is 0. The molecule has 0 radical (unpaired) electrons. The molecule has 1 N–H and O–H groups in total. The molecule has 0 aliphatic carbocycles. The molecule has 0 bridgehead atoms. The van der Waals surface area contributed by atoms with Gasteiger partial charge in [0.15, 0.2) is 0 Å². The first-order valence-corrected chi connectivity index (χ1v) is 9.31. The lowest BCUT2D eigenvalue weighted by molar-refractivity contribution is 0.197. The summed E-state index contributed by atoms with van der Waals surface area (Å²) in [6, 6.07) is 8.59. The van der Waals surface area contributed by atoms with Gasteiger partial charge < -0.3 is 14.8 Å². The fourth-order valence-electron chi connectivity index (χ4n) is 3.01. The van der Waals surface area contributed by atoms with E-state index >= 15 is 0 Å². The van der Waals surface area contributed by atoms with Crippen molar-refractivity contribution in [3.63, 3.8) is 0 Å². The summed E-state index contributed by atoms with van der Waals surface area (Å²) in [6.07, 6.45) is 0. The molecule has 1 atom stereocenters. The molecular weight excluding hydrogens is 447 g/mol. The Kier molecular flexibility index (Phi) is 9.56. The first-order chi connectivity index (χ1) is 11.2. The first kappa shape index (κ1) is 22.5. The summed E-state index contributed by atoms with van der Waals surface area (Å²) in [6.45, 7) is 4.06. The number of nitrogens with zero attached hydrogens (tertiary/aromatic N) is 1. The van der Waals surface area contributed by atoms with Crippen LogP contribution in [-0.2, 0) is 0 Å². The van der Waals surface area contributed by atoms with Crippen LogP contribution in [0.25, 0.3) is 0 Å². The average Bonchev–Trinajstić information content (AvgIpc) is 3.11. The van der Waals surface area contributed by atoms with Gasteiger partial charge in [-0.1, -0.05) is 6.07 Å². The van der Waals surface area contributed by atoms with E-state index in [4.69, 9.17) is 9.47 Å². The smallest absolute Gasteiger partial charge is 0.133 e. The minimum Gasteiger partial charge on any atom is -0.496 e. The van der Waals surface area contributed by atoms with Gasteiger partial charge in [0, 0.05) is 36.6 Å². The summed E-state index contributed by atoms with van der Waals surface area (Å²) < 4.78 is 12.1. The number of thiophene rings is 1. The highest BCUT2D eigenvalue weighted by atomic mass is 79.9. The Balaban J connectivity index is 0.00000156. The summed E-state index contributed by atoms with van der Waals surface area (Å²) in [5.74, 6) is 1.71. The number of hydrogen-bond acceptors (Lipinski definition) is 5. The highest BCUT2D eigenvalue weighted by Gasteiger charge is 2.28. The number of piperazine rings is 1. The molecule has 1 saturated heterocycles. The van der Waals surface area contributed by atoms with Crippen LogP contribution in [0.4, 0.5) is 0 Å². The predicted octanol–water partition coefficient (Wildman–Crippen LogP) is 4.37. The largest absolute Gasteiger partial charge is 0.496 e. The van der Waals surface area contributed by atoms with E-state index in [2.05, 4.69) is 49.7 Å². The van der Waals surface area contributed by atoms with Gasteiger partial charge in [0.2, 0.25) is 0 Å². The number of benzene rings is 1. The molecule has 1 fully saturated rings.